The predicted molar refractivity (Wildman–Crippen MR) is 73.4 cm³/mol. The molecule has 1 heterocycles. The summed E-state index contributed by atoms with van der Waals surface area (Å²) in [6.45, 7) is 5.65. The highest BCUT2D eigenvalue weighted by atomic mass is 79.9. The van der Waals surface area contributed by atoms with E-state index < -0.39 is 0 Å². The van der Waals surface area contributed by atoms with Gasteiger partial charge in [0.2, 0.25) is 0 Å². The number of rotatable bonds is 6. The fourth-order valence-corrected chi connectivity index (χ4v) is 1.70. The molecule has 94 valence electrons. The van der Waals surface area contributed by atoms with Crippen LogP contribution in [-0.4, -0.2) is 41.9 Å². The van der Waals surface area contributed by atoms with E-state index >= 15 is 0 Å². The molecule has 0 spiro atoms. The van der Waals surface area contributed by atoms with Crippen LogP contribution in [0.1, 0.15) is 0 Å². The molecule has 0 atom stereocenters. The Hall–Kier alpha value is -1.14. The topological polar surface area (TPSA) is 50.2 Å². The van der Waals surface area contributed by atoms with E-state index in [-0.39, 0.29) is 5.56 Å². The maximum absolute atomic E-state index is 11.8. The molecule has 6 heteroatoms. The zero-order valence-corrected chi connectivity index (χ0v) is 11.7. The van der Waals surface area contributed by atoms with Gasteiger partial charge in [0, 0.05) is 13.1 Å². The van der Waals surface area contributed by atoms with Crippen LogP contribution in [0.2, 0.25) is 0 Å². The van der Waals surface area contributed by atoms with Crippen LogP contribution in [0.25, 0.3) is 0 Å². The van der Waals surface area contributed by atoms with E-state index in [1.807, 2.05) is 14.1 Å². The summed E-state index contributed by atoms with van der Waals surface area (Å²) in [6.07, 6.45) is 3.28. The number of anilines is 1. The number of allylic oxidation sites excluding steroid dienone is 1. The van der Waals surface area contributed by atoms with Crippen molar-refractivity contribution >= 4 is 21.6 Å². The molecular formula is C11H17BrN4O. The van der Waals surface area contributed by atoms with Crippen molar-refractivity contribution in [3.63, 3.8) is 0 Å². The minimum absolute atomic E-state index is 0.153. The molecule has 17 heavy (non-hydrogen) atoms. The molecule has 0 aliphatic heterocycles. The summed E-state index contributed by atoms with van der Waals surface area (Å²) in [7, 11) is 3.99. The zero-order chi connectivity index (χ0) is 12.8. The Morgan fingerprint density at radius 2 is 2.35 bits per heavy atom. The van der Waals surface area contributed by atoms with Crippen molar-refractivity contribution in [3.05, 3.63) is 33.7 Å². The lowest BCUT2D eigenvalue weighted by molar-refractivity contribution is 0.425. The molecule has 0 bridgehead atoms. The lowest BCUT2D eigenvalue weighted by Gasteiger charge is -2.12. The number of aromatic nitrogens is 2. The fraction of sp³-hybridized carbons (Fsp3) is 0.455. The lowest BCUT2D eigenvalue weighted by Crippen LogP contribution is -2.26. The highest BCUT2D eigenvalue weighted by molar-refractivity contribution is 9.10. The predicted octanol–water partition coefficient (Wildman–Crippen LogP) is 1.17. The Bertz CT molecular complexity index is 442. The molecule has 0 aliphatic rings. The summed E-state index contributed by atoms with van der Waals surface area (Å²) in [5.41, 5.74) is 0.567. The number of nitrogens with one attached hydrogen (secondary N) is 1. The molecule has 0 fully saturated rings. The van der Waals surface area contributed by atoms with Crippen LogP contribution >= 0.6 is 15.9 Å². The van der Waals surface area contributed by atoms with Crippen LogP contribution in [0.15, 0.2) is 28.1 Å². The van der Waals surface area contributed by atoms with Gasteiger partial charge in [0.05, 0.1) is 18.4 Å². The molecule has 0 saturated heterocycles. The third kappa shape index (κ3) is 3.98. The van der Waals surface area contributed by atoms with Gasteiger partial charge in [0.15, 0.2) is 0 Å². The van der Waals surface area contributed by atoms with Crippen LogP contribution < -0.4 is 10.9 Å². The van der Waals surface area contributed by atoms with Gasteiger partial charge in [-0.05, 0) is 30.0 Å². The van der Waals surface area contributed by atoms with E-state index in [0.29, 0.717) is 11.0 Å². The Morgan fingerprint density at radius 3 is 2.94 bits per heavy atom. The van der Waals surface area contributed by atoms with Gasteiger partial charge in [-0.25, -0.2) is 4.68 Å². The number of likely N-dealkylation sites (N-methyl/N-ethyl adjacent to an activating group) is 1. The third-order valence-electron chi connectivity index (χ3n) is 2.16. The van der Waals surface area contributed by atoms with Crippen molar-refractivity contribution < 1.29 is 0 Å². The first-order valence-electron chi connectivity index (χ1n) is 5.31. The summed E-state index contributed by atoms with van der Waals surface area (Å²) < 4.78 is 1.86. The second-order valence-corrected chi connectivity index (χ2v) is 4.67. The first kappa shape index (κ1) is 13.9. The van der Waals surface area contributed by atoms with Crippen molar-refractivity contribution in [3.8, 4) is 0 Å². The van der Waals surface area contributed by atoms with Gasteiger partial charge >= 0.3 is 0 Å². The molecule has 0 unspecified atom stereocenters. The molecule has 0 aromatic carbocycles. The molecule has 0 amide bonds. The summed E-state index contributed by atoms with van der Waals surface area (Å²) in [5, 5.41) is 7.22. The molecule has 1 N–H and O–H groups in total. The summed E-state index contributed by atoms with van der Waals surface area (Å²) >= 11 is 3.28. The van der Waals surface area contributed by atoms with Gasteiger partial charge < -0.3 is 10.2 Å². The van der Waals surface area contributed by atoms with E-state index in [0.717, 1.165) is 18.8 Å². The van der Waals surface area contributed by atoms with Crippen LogP contribution in [0.3, 0.4) is 0 Å². The largest absolute Gasteiger partial charge is 0.381 e. The number of hydrogen-bond acceptors (Lipinski definition) is 4. The first-order chi connectivity index (χ1) is 8.06. The van der Waals surface area contributed by atoms with Crippen LogP contribution in [0.5, 0.6) is 0 Å². The zero-order valence-electron chi connectivity index (χ0n) is 10.1. The van der Waals surface area contributed by atoms with Crippen LogP contribution in [0, 0.1) is 0 Å². The number of nitrogens with zero attached hydrogens (tertiary/aromatic N) is 3. The number of hydrogen-bond donors (Lipinski definition) is 1. The molecule has 1 aromatic rings. The van der Waals surface area contributed by atoms with Crippen molar-refractivity contribution in [2.75, 3.05) is 32.5 Å². The summed E-state index contributed by atoms with van der Waals surface area (Å²) in [6, 6.07) is 0. The van der Waals surface area contributed by atoms with E-state index in [4.69, 9.17) is 0 Å². The van der Waals surface area contributed by atoms with Gasteiger partial charge in [-0.3, -0.25) is 4.79 Å². The van der Waals surface area contributed by atoms with E-state index in [9.17, 15) is 4.79 Å². The maximum atomic E-state index is 11.8. The van der Waals surface area contributed by atoms with Crippen molar-refractivity contribution in [2.24, 2.45) is 0 Å². The molecule has 5 nitrogen and oxygen atoms in total. The lowest BCUT2D eigenvalue weighted by atomic mass is 10.4. The highest BCUT2D eigenvalue weighted by Crippen LogP contribution is 2.15. The molecule has 0 radical (unpaired) electrons. The minimum Gasteiger partial charge on any atom is -0.381 e. The third-order valence-corrected chi connectivity index (χ3v) is 2.93. The van der Waals surface area contributed by atoms with E-state index in [2.05, 4.69) is 37.8 Å². The summed E-state index contributed by atoms with van der Waals surface area (Å²) in [4.78, 5) is 13.9. The van der Waals surface area contributed by atoms with E-state index in [1.165, 1.54) is 4.68 Å². The average molecular weight is 301 g/mol. The molecular weight excluding hydrogens is 284 g/mol. The number of halogens is 1. The Labute approximate surface area is 109 Å². The standard InChI is InChI=1S/C11H17BrN4O/c1-4-6-16-11(17)10(12)9(8-14-16)13-5-7-15(2)3/h4,8,13H,1,5-7H2,2-3H3. The highest BCUT2D eigenvalue weighted by Gasteiger charge is 2.07. The first-order valence-corrected chi connectivity index (χ1v) is 6.10. The smallest absolute Gasteiger partial charge is 0.283 e. The van der Waals surface area contributed by atoms with Gasteiger partial charge in [-0.2, -0.15) is 5.10 Å². The van der Waals surface area contributed by atoms with Gasteiger partial charge in [-0.15, -0.1) is 6.58 Å². The Kier molecular flexibility index (Phi) is 5.37. The molecule has 0 saturated carbocycles. The quantitative estimate of drug-likeness (QED) is 0.801. The van der Waals surface area contributed by atoms with Crippen LogP contribution in [0.4, 0.5) is 5.69 Å². The SMILES string of the molecule is C=CCn1ncc(NCCN(C)C)c(Br)c1=O. The van der Waals surface area contributed by atoms with Gasteiger partial charge in [0.25, 0.3) is 5.56 Å². The molecule has 1 rings (SSSR count). The minimum atomic E-state index is -0.153. The molecule has 0 aliphatic carbocycles. The Balaban J connectivity index is 2.78. The van der Waals surface area contributed by atoms with Crippen LogP contribution in [-0.2, 0) is 6.54 Å². The second-order valence-electron chi connectivity index (χ2n) is 3.88. The Morgan fingerprint density at radius 1 is 1.65 bits per heavy atom. The molecule has 1 aromatic heterocycles. The van der Waals surface area contributed by atoms with Crippen molar-refractivity contribution in [1.29, 1.82) is 0 Å². The van der Waals surface area contributed by atoms with Crippen molar-refractivity contribution in [1.82, 2.24) is 14.7 Å². The monoisotopic (exact) mass is 300 g/mol. The second kappa shape index (κ2) is 6.56. The van der Waals surface area contributed by atoms with E-state index in [1.54, 1.807) is 12.3 Å². The average Bonchev–Trinajstić information content (AvgIpc) is 2.28. The maximum Gasteiger partial charge on any atom is 0.283 e. The summed E-state index contributed by atoms with van der Waals surface area (Å²) in [5.74, 6) is 0. The van der Waals surface area contributed by atoms with Crippen molar-refractivity contribution in [2.45, 2.75) is 6.54 Å². The van der Waals surface area contributed by atoms with Gasteiger partial charge in [0.1, 0.15) is 4.47 Å². The normalized spacial score (nSPS) is 10.6. The fourth-order valence-electron chi connectivity index (χ4n) is 1.25. The van der Waals surface area contributed by atoms with Gasteiger partial charge in [-0.1, -0.05) is 6.08 Å².